The monoisotopic (exact) mass is 325 g/mol. The lowest BCUT2D eigenvalue weighted by Crippen LogP contribution is -2.47. The molecule has 1 aliphatic heterocycles. The zero-order valence-electron chi connectivity index (χ0n) is 12.4. The first-order valence-corrected chi connectivity index (χ1v) is 7.50. The summed E-state index contributed by atoms with van der Waals surface area (Å²) >= 11 is 0. The Labute approximate surface area is 135 Å². The van der Waals surface area contributed by atoms with Crippen molar-refractivity contribution >= 4 is 30.7 Å². The summed E-state index contributed by atoms with van der Waals surface area (Å²) in [5.74, 6) is 1.01. The molecule has 2 fully saturated rings. The third-order valence-electron chi connectivity index (χ3n) is 3.91. The second kappa shape index (κ2) is 10.7. The van der Waals surface area contributed by atoms with Crippen LogP contribution in [0, 0.1) is 5.92 Å². The van der Waals surface area contributed by atoms with Crippen molar-refractivity contribution in [2.75, 3.05) is 32.7 Å². The fraction of sp³-hybridized carbons (Fsp3) is 0.929. The lowest BCUT2D eigenvalue weighted by atomic mass is 10.0. The molecular weight excluding hydrogens is 297 g/mol. The highest BCUT2D eigenvalue weighted by Crippen LogP contribution is 2.27. The molecule has 2 rings (SSSR count). The van der Waals surface area contributed by atoms with Crippen molar-refractivity contribution in [2.45, 2.75) is 45.1 Å². The van der Waals surface area contributed by atoms with Gasteiger partial charge in [0, 0.05) is 19.1 Å². The maximum Gasteiger partial charge on any atom is 0.234 e. The molecule has 0 spiro atoms. The molecule has 0 bridgehead atoms. The summed E-state index contributed by atoms with van der Waals surface area (Å²) in [7, 11) is 0. The van der Waals surface area contributed by atoms with Crippen molar-refractivity contribution in [3.8, 4) is 0 Å². The van der Waals surface area contributed by atoms with E-state index in [9.17, 15) is 4.79 Å². The second-order valence-electron chi connectivity index (χ2n) is 5.76. The molecule has 0 aromatic carbocycles. The minimum atomic E-state index is 0. The van der Waals surface area contributed by atoms with Crippen molar-refractivity contribution in [1.29, 1.82) is 0 Å². The Morgan fingerprint density at radius 3 is 2.35 bits per heavy atom. The summed E-state index contributed by atoms with van der Waals surface area (Å²) in [5, 5.41) is 6.39. The highest BCUT2D eigenvalue weighted by molar-refractivity contribution is 5.85. The average Bonchev–Trinajstić information content (AvgIpc) is 3.16. The summed E-state index contributed by atoms with van der Waals surface area (Å²) in [6, 6.07) is 0.397. The number of amides is 1. The van der Waals surface area contributed by atoms with Crippen LogP contribution in [0.2, 0.25) is 0 Å². The van der Waals surface area contributed by atoms with Gasteiger partial charge in [-0.15, -0.1) is 24.8 Å². The van der Waals surface area contributed by atoms with Crippen LogP contribution in [-0.2, 0) is 4.79 Å². The van der Waals surface area contributed by atoms with Crippen molar-refractivity contribution in [3.05, 3.63) is 0 Å². The maximum atomic E-state index is 11.7. The van der Waals surface area contributed by atoms with Gasteiger partial charge in [-0.1, -0.05) is 6.92 Å². The van der Waals surface area contributed by atoms with Gasteiger partial charge in [0.1, 0.15) is 0 Å². The van der Waals surface area contributed by atoms with Gasteiger partial charge in [-0.2, -0.15) is 0 Å². The van der Waals surface area contributed by atoms with Crippen LogP contribution < -0.4 is 10.6 Å². The Morgan fingerprint density at radius 2 is 1.80 bits per heavy atom. The summed E-state index contributed by atoms with van der Waals surface area (Å²) < 4.78 is 0. The first kappa shape index (κ1) is 20.0. The summed E-state index contributed by atoms with van der Waals surface area (Å²) in [6.07, 6.45) is 6.11. The van der Waals surface area contributed by atoms with Crippen LogP contribution in [0.1, 0.15) is 39.0 Å². The van der Waals surface area contributed by atoms with Gasteiger partial charge in [0.05, 0.1) is 6.54 Å². The standard InChI is InChI=1S/C14H27N3O.2ClH/c1-2-7-17-8-5-13(6-9-17)16-14(18)11-15-10-12-3-4-12;;/h12-13,15H,2-11H2,1H3,(H,16,18);2*1H. The van der Waals surface area contributed by atoms with E-state index in [0.717, 1.165) is 38.4 Å². The van der Waals surface area contributed by atoms with Gasteiger partial charge in [-0.05, 0) is 51.1 Å². The van der Waals surface area contributed by atoms with Crippen LogP contribution >= 0.6 is 24.8 Å². The molecule has 1 saturated carbocycles. The van der Waals surface area contributed by atoms with Crippen LogP contribution in [0.15, 0.2) is 0 Å². The van der Waals surface area contributed by atoms with E-state index in [1.807, 2.05) is 0 Å². The number of halogens is 2. The molecule has 0 aromatic heterocycles. The highest BCUT2D eigenvalue weighted by Gasteiger charge is 2.22. The van der Waals surface area contributed by atoms with Crippen LogP contribution in [0.25, 0.3) is 0 Å². The van der Waals surface area contributed by atoms with Crippen molar-refractivity contribution in [2.24, 2.45) is 5.92 Å². The SMILES string of the molecule is CCCN1CCC(NC(=O)CNCC2CC2)CC1.Cl.Cl. The van der Waals surface area contributed by atoms with Crippen LogP contribution in [0.3, 0.4) is 0 Å². The Balaban J connectivity index is 0.00000180. The van der Waals surface area contributed by atoms with Crippen molar-refractivity contribution in [1.82, 2.24) is 15.5 Å². The molecule has 0 unspecified atom stereocenters. The predicted molar refractivity (Wildman–Crippen MR) is 88.0 cm³/mol. The van der Waals surface area contributed by atoms with Gasteiger partial charge < -0.3 is 15.5 Å². The number of rotatable bonds is 7. The summed E-state index contributed by atoms with van der Waals surface area (Å²) in [6.45, 7) is 7.19. The van der Waals surface area contributed by atoms with E-state index in [2.05, 4.69) is 22.5 Å². The third-order valence-corrected chi connectivity index (χ3v) is 3.91. The van der Waals surface area contributed by atoms with Crippen molar-refractivity contribution < 1.29 is 4.79 Å². The molecular formula is C14H29Cl2N3O. The van der Waals surface area contributed by atoms with Gasteiger partial charge in [0.2, 0.25) is 5.91 Å². The summed E-state index contributed by atoms with van der Waals surface area (Å²) in [5.41, 5.74) is 0. The minimum Gasteiger partial charge on any atom is -0.352 e. The highest BCUT2D eigenvalue weighted by atomic mass is 35.5. The average molecular weight is 326 g/mol. The number of carbonyl (C=O) groups is 1. The Morgan fingerprint density at radius 1 is 1.15 bits per heavy atom. The summed E-state index contributed by atoms with van der Waals surface area (Å²) in [4.78, 5) is 14.2. The number of nitrogens with zero attached hydrogens (tertiary/aromatic N) is 1. The minimum absolute atomic E-state index is 0. The predicted octanol–water partition coefficient (Wildman–Crippen LogP) is 1.82. The van der Waals surface area contributed by atoms with E-state index < -0.39 is 0 Å². The largest absolute Gasteiger partial charge is 0.352 e. The molecule has 1 heterocycles. The fourth-order valence-electron chi connectivity index (χ4n) is 2.61. The molecule has 0 radical (unpaired) electrons. The van der Waals surface area contributed by atoms with Gasteiger partial charge in [-0.25, -0.2) is 0 Å². The van der Waals surface area contributed by atoms with Gasteiger partial charge in [0.25, 0.3) is 0 Å². The number of piperidine rings is 1. The molecule has 20 heavy (non-hydrogen) atoms. The quantitative estimate of drug-likeness (QED) is 0.750. The molecule has 1 saturated heterocycles. The number of hydrogen-bond acceptors (Lipinski definition) is 3. The lowest BCUT2D eigenvalue weighted by molar-refractivity contribution is -0.121. The number of nitrogens with one attached hydrogen (secondary N) is 2. The van der Waals surface area contributed by atoms with Gasteiger partial charge in [-0.3, -0.25) is 4.79 Å². The van der Waals surface area contributed by atoms with E-state index >= 15 is 0 Å². The zero-order valence-corrected chi connectivity index (χ0v) is 14.0. The first-order chi connectivity index (χ1) is 8.78. The number of carbonyl (C=O) groups excluding carboxylic acids is 1. The fourth-order valence-corrected chi connectivity index (χ4v) is 2.61. The third kappa shape index (κ3) is 7.67. The number of likely N-dealkylation sites (tertiary alicyclic amines) is 1. The Hall–Kier alpha value is -0.0300. The molecule has 0 atom stereocenters. The van der Waals surface area contributed by atoms with Crippen LogP contribution in [0.4, 0.5) is 0 Å². The first-order valence-electron chi connectivity index (χ1n) is 7.50. The Kier molecular flexibility index (Phi) is 10.6. The normalized spacial score (nSPS) is 19.9. The second-order valence-corrected chi connectivity index (χ2v) is 5.76. The van der Waals surface area contributed by atoms with Gasteiger partial charge >= 0.3 is 0 Å². The molecule has 120 valence electrons. The molecule has 1 amide bonds. The molecule has 2 aliphatic rings. The van der Waals surface area contributed by atoms with E-state index in [-0.39, 0.29) is 30.7 Å². The molecule has 4 nitrogen and oxygen atoms in total. The zero-order chi connectivity index (χ0) is 12.8. The molecule has 6 heteroatoms. The lowest BCUT2D eigenvalue weighted by Gasteiger charge is -2.32. The van der Waals surface area contributed by atoms with Crippen LogP contribution in [0.5, 0.6) is 0 Å². The van der Waals surface area contributed by atoms with Gasteiger partial charge in [0.15, 0.2) is 0 Å². The van der Waals surface area contributed by atoms with E-state index in [0.29, 0.717) is 12.6 Å². The van der Waals surface area contributed by atoms with Crippen LogP contribution in [-0.4, -0.2) is 49.6 Å². The maximum absolute atomic E-state index is 11.7. The van der Waals surface area contributed by atoms with E-state index in [1.54, 1.807) is 0 Å². The Bertz CT molecular complexity index is 267. The molecule has 2 N–H and O–H groups in total. The van der Waals surface area contributed by atoms with Crippen molar-refractivity contribution in [3.63, 3.8) is 0 Å². The molecule has 1 aliphatic carbocycles. The van der Waals surface area contributed by atoms with E-state index in [4.69, 9.17) is 0 Å². The molecule has 0 aromatic rings. The van der Waals surface area contributed by atoms with E-state index in [1.165, 1.54) is 25.8 Å². The topological polar surface area (TPSA) is 44.4 Å². The smallest absolute Gasteiger partial charge is 0.234 e. The number of hydrogen-bond donors (Lipinski definition) is 2.